The Morgan fingerprint density at radius 3 is 2.70 bits per heavy atom. The van der Waals surface area contributed by atoms with Crippen LogP contribution < -0.4 is 5.73 Å². The van der Waals surface area contributed by atoms with Crippen molar-refractivity contribution in [3.05, 3.63) is 56.5 Å². The number of nitrogens with zero attached hydrogens (tertiary/aromatic N) is 1. The Balaban J connectivity index is 2.07. The fourth-order valence-corrected chi connectivity index (χ4v) is 3.24. The van der Waals surface area contributed by atoms with Crippen molar-refractivity contribution >= 4 is 40.1 Å². The summed E-state index contributed by atoms with van der Waals surface area (Å²) in [7, 11) is 1.97. The Morgan fingerprint density at radius 1 is 1.35 bits per heavy atom. The van der Waals surface area contributed by atoms with Crippen LogP contribution in [0.15, 0.2) is 30.3 Å². The van der Waals surface area contributed by atoms with E-state index in [9.17, 15) is 4.39 Å². The van der Waals surface area contributed by atoms with Crippen molar-refractivity contribution < 1.29 is 4.39 Å². The third-order valence-corrected chi connectivity index (χ3v) is 4.20. The van der Waals surface area contributed by atoms with Gasteiger partial charge >= 0.3 is 0 Å². The second-order valence-electron chi connectivity index (χ2n) is 4.59. The molecule has 106 valence electrons. The van der Waals surface area contributed by atoms with E-state index in [0.29, 0.717) is 12.1 Å². The van der Waals surface area contributed by atoms with Gasteiger partial charge in [0.2, 0.25) is 0 Å². The summed E-state index contributed by atoms with van der Waals surface area (Å²) in [5, 5.41) is 0. The highest BCUT2D eigenvalue weighted by Gasteiger charge is 2.07. The van der Waals surface area contributed by atoms with Crippen LogP contribution in [0.3, 0.4) is 0 Å². The van der Waals surface area contributed by atoms with Gasteiger partial charge < -0.3 is 5.73 Å². The number of nitrogens with two attached hydrogens (primary N) is 1. The number of benzene rings is 1. The summed E-state index contributed by atoms with van der Waals surface area (Å²) < 4.78 is 14.3. The SMILES string of the molecule is CN(Cc1cc(F)cc(C(N)=S)c1)Cc1ccc(Cl)s1. The van der Waals surface area contributed by atoms with E-state index in [0.717, 1.165) is 16.4 Å². The van der Waals surface area contributed by atoms with Crippen LogP contribution in [0.2, 0.25) is 4.34 Å². The molecule has 0 bridgehead atoms. The van der Waals surface area contributed by atoms with Crippen molar-refractivity contribution in [2.75, 3.05) is 7.05 Å². The molecule has 0 saturated heterocycles. The summed E-state index contributed by atoms with van der Waals surface area (Å²) in [4.78, 5) is 3.46. The highest BCUT2D eigenvalue weighted by Crippen LogP contribution is 2.23. The standard InChI is InChI=1S/C14H14ClFN2S2/c1-18(8-12-2-3-13(15)20-12)7-9-4-10(14(17)19)6-11(16)5-9/h2-6H,7-8H2,1H3,(H2,17,19). The summed E-state index contributed by atoms with van der Waals surface area (Å²) in [6.07, 6.45) is 0. The van der Waals surface area contributed by atoms with Crippen molar-refractivity contribution in [3.8, 4) is 0 Å². The van der Waals surface area contributed by atoms with E-state index in [1.807, 2.05) is 25.2 Å². The average Bonchev–Trinajstić information content (AvgIpc) is 2.73. The molecule has 6 heteroatoms. The average molecular weight is 329 g/mol. The summed E-state index contributed by atoms with van der Waals surface area (Å²) in [6, 6.07) is 8.55. The largest absolute Gasteiger partial charge is 0.389 e. The summed E-state index contributed by atoms with van der Waals surface area (Å²) >= 11 is 12.3. The molecular weight excluding hydrogens is 315 g/mol. The Bertz CT molecular complexity index is 627. The van der Waals surface area contributed by atoms with Crippen LogP contribution in [0, 0.1) is 5.82 Å². The van der Waals surface area contributed by atoms with E-state index in [-0.39, 0.29) is 10.8 Å². The molecule has 0 radical (unpaired) electrons. The van der Waals surface area contributed by atoms with E-state index >= 15 is 0 Å². The molecule has 1 aromatic heterocycles. The lowest BCUT2D eigenvalue weighted by atomic mass is 10.1. The molecule has 1 heterocycles. The molecule has 0 aliphatic heterocycles. The molecule has 2 rings (SSSR count). The Morgan fingerprint density at radius 2 is 2.10 bits per heavy atom. The maximum Gasteiger partial charge on any atom is 0.124 e. The topological polar surface area (TPSA) is 29.3 Å². The van der Waals surface area contributed by atoms with Crippen LogP contribution in [0.5, 0.6) is 0 Å². The van der Waals surface area contributed by atoms with Crippen LogP contribution in [-0.4, -0.2) is 16.9 Å². The zero-order valence-electron chi connectivity index (χ0n) is 10.9. The minimum atomic E-state index is -0.321. The van der Waals surface area contributed by atoms with Gasteiger partial charge in [0, 0.05) is 23.5 Å². The molecule has 0 saturated carbocycles. The van der Waals surface area contributed by atoms with Gasteiger partial charge in [0.05, 0.1) is 4.34 Å². The van der Waals surface area contributed by atoms with Gasteiger partial charge in [-0.05, 0) is 42.9 Å². The van der Waals surface area contributed by atoms with Crippen LogP contribution in [0.1, 0.15) is 16.0 Å². The first-order chi connectivity index (χ1) is 9.44. The van der Waals surface area contributed by atoms with Gasteiger partial charge in [-0.2, -0.15) is 0 Å². The molecule has 0 atom stereocenters. The summed E-state index contributed by atoms with van der Waals surface area (Å²) in [5.41, 5.74) is 6.95. The van der Waals surface area contributed by atoms with Crippen molar-refractivity contribution in [2.24, 2.45) is 5.73 Å². The number of hydrogen-bond donors (Lipinski definition) is 1. The monoisotopic (exact) mass is 328 g/mol. The molecule has 20 heavy (non-hydrogen) atoms. The van der Waals surface area contributed by atoms with E-state index < -0.39 is 0 Å². The van der Waals surface area contributed by atoms with Gasteiger partial charge in [0.25, 0.3) is 0 Å². The maximum absolute atomic E-state index is 13.5. The molecule has 2 aromatic rings. The van der Waals surface area contributed by atoms with Gasteiger partial charge in [-0.1, -0.05) is 23.8 Å². The van der Waals surface area contributed by atoms with Crippen LogP contribution in [-0.2, 0) is 13.1 Å². The first-order valence-electron chi connectivity index (χ1n) is 5.96. The minimum absolute atomic E-state index is 0.207. The van der Waals surface area contributed by atoms with Gasteiger partial charge in [0.1, 0.15) is 10.8 Å². The predicted octanol–water partition coefficient (Wildman–Crippen LogP) is 3.81. The van der Waals surface area contributed by atoms with E-state index in [1.165, 1.54) is 17.0 Å². The van der Waals surface area contributed by atoms with Crippen LogP contribution in [0.25, 0.3) is 0 Å². The lowest BCUT2D eigenvalue weighted by Crippen LogP contribution is -2.17. The molecule has 0 unspecified atom stereocenters. The Labute approximate surface area is 132 Å². The molecule has 0 spiro atoms. The van der Waals surface area contributed by atoms with Crippen LogP contribution >= 0.6 is 35.2 Å². The summed E-state index contributed by atoms with van der Waals surface area (Å²) in [5.74, 6) is -0.321. The van der Waals surface area contributed by atoms with Gasteiger partial charge in [-0.3, -0.25) is 4.90 Å². The van der Waals surface area contributed by atoms with Crippen molar-refractivity contribution in [3.63, 3.8) is 0 Å². The number of rotatable bonds is 5. The van der Waals surface area contributed by atoms with Crippen LogP contribution in [0.4, 0.5) is 4.39 Å². The minimum Gasteiger partial charge on any atom is -0.389 e. The van der Waals surface area contributed by atoms with Crippen molar-refractivity contribution in [1.29, 1.82) is 0 Å². The quantitative estimate of drug-likeness (QED) is 0.846. The lowest BCUT2D eigenvalue weighted by molar-refractivity contribution is 0.321. The molecule has 0 amide bonds. The van der Waals surface area contributed by atoms with Crippen molar-refractivity contribution in [2.45, 2.75) is 13.1 Å². The normalized spacial score (nSPS) is 11.0. The van der Waals surface area contributed by atoms with Crippen molar-refractivity contribution in [1.82, 2.24) is 4.90 Å². The lowest BCUT2D eigenvalue weighted by Gasteiger charge is -2.16. The third kappa shape index (κ3) is 4.24. The first kappa shape index (κ1) is 15.4. The predicted molar refractivity (Wildman–Crippen MR) is 86.8 cm³/mol. The molecular formula is C14H14ClFN2S2. The zero-order valence-corrected chi connectivity index (χ0v) is 13.3. The first-order valence-corrected chi connectivity index (χ1v) is 7.56. The highest BCUT2D eigenvalue weighted by molar-refractivity contribution is 7.80. The molecule has 1 aromatic carbocycles. The maximum atomic E-state index is 13.5. The highest BCUT2D eigenvalue weighted by atomic mass is 35.5. The number of halogens is 2. The molecule has 0 fully saturated rings. The van der Waals surface area contributed by atoms with E-state index in [1.54, 1.807) is 11.3 Å². The summed E-state index contributed by atoms with van der Waals surface area (Å²) in [6.45, 7) is 1.37. The van der Waals surface area contributed by atoms with Gasteiger partial charge in [0.15, 0.2) is 0 Å². The fraction of sp³-hybridized carbons (Fsp3) is 0.214. The second-order valence-corrected chi connectivity index (χ2v) is 6.83. The Hall–Kier alpha value is -1.01. The zero-order chi connectivity index (χ0) is 14.7. The fourth-order valence-electron chi connectivity index (χ4n) is 1.95. The smallest absolute Gasteiger partial charge is 0.124 e. The third-order valence-electron chi connectivity index (χ3n) is 2.75. The second kappa shape index (κ2) is 6.63. The number of thiophene rings is 1. The molecule has 0 aliphatic rings. The van der Waals surface area contributed by atoms with Gasteiger partial charge in [-0.25, -0.2) is 4.39 Å². The molecule has 2 nitrogen and oxygen atoms in total. The number of hydrogen-bond acceptors (Lipinski definition) is 3. The van der Waals surface area contributed by atoms with Gasteiger partial charge in [-0.15, -0.1) is 11.3 Å². The molecule has 0 aliphatic carbocycles. The Kier molecular flexibility index (Phi) is 5.10. The molecule has 2 N–H and O–H groups in total. The number of thiocarbonyl (C=S) groups is 1. The van der Waals surface area contributed by atoms with E-state index in [2.05, 4.69) is 4.90 Å². The van der Waals surface area contributed by atoms with E-state index in [4.69, 9.17) is 29.6 Å².